The van der Waals surface area contributed by atoms with E-state index >= 15 is 0 Å². The quantitative estimate of drug-likeness (QED) is 0.481. The number of allylic oxidation sites excluding steroid dienone is 2. The molecule has 1 nitrogen and oxygen atoms in total. The van der Waals surface area contributed by atoms with Gasteiger partial charge in [0.2, 0.25) is 0 Å². The molecule has 1 fully saturated rings. The molecular formula is C12H20O. The molecule has 13 heavy (non-hydrogen) atoms. The van der Waals surface area contributed by atoms with Gasteiger partial charge in [0.15, 0.2) is 0 Å². The van der Waals surface area contributed by atoms with Crippen LogP contribution in [0.5, 0.6) is 0 Å². The molecular weight excluding hydrogens is 160 g/mol. The average Bonchev–Trinajstić information content (AvgIpc) is 2.15. The lowest BCUT2D eigenvalue weighted by atomic mass is 9.71. The first-order valence-electron chi connectivity index (χ1n) is 5.33. The lowest BCUT2D eigenvalue weighted by Crippen LogP contribution is -2.24. The molecule has 1 heteroatoms. The van der Waals surface area contributed by atoms with Gasteiger partial charge in [-0.2, -0.15) is 0 Å². The van der Waals surface area contributed by atoms with E-state index < -0.39 is 0 Å². The Morgan fingerprint density at radius 2 is 2.31 bits per heavy atom. The zero-order valence-corrected chi connectivity index (χ0v) is 8.75. The summed E-state index contributed by atoms with van der Waals surface area (Å²) in [5, 5.41) is 0. The third-order valence-corrected chi connectivity index (χ3v) is 3.00. The Morgan fingerprint density at radius 3 is 2.92 bits per heavy atom. The van der Waals surface area contributed by atoms with Gasteiger partial charge in [0.25, 0.3) is 0 Å². The zero-order valence-electron chi connectivity index (χ0n) is 8.75. The molecule has 2 unspecified atom stereocenters. The van der Waals surface area contributed by atoms with Crippen LogP contribution in [0.3, 0.4) is 0 Å². The van der Waals surface area contributed by atoms with Crippen LogP contribution in [0, 0.1) is 11.3 Å². The molecule has 1 aliphatic rings. The van der Waals surface area contributed by atoms with Gasteiger partial charge in [-0.25, -0.2) is 0 Å². The van der Waals surface area contributed by atoms with Crippen molar-refractivity contribution >= 4 is 6.29 Å². The highest BCUT2D eigenvalue weighted by Crippen LogP contribution is 2.39. The van der Waals surface area contributed by atoms with Gasteiger partial charge in [0, 0.05) is 5.92 Å². The summed E-state index contributed by atoms with van der Waals surface area (Å²) in [6.07, 6.45) is 11.4. The van der Waals surface area contributed by atoms with Crippen molar-refractivity contribution in [3.05, 3.63) is 12.2 Å². The number of hydrogen-bond donors (Lipinski definition) is 0. The van der Waals surface area contributed by atoms with Crippen LogP contribution >= 0.6 is 0 Å². The summed E-state index contributed by atoms with van der Waals surface area (Å²) in [5.74, 6) is 0.306. The molecule has 2 atom stereocenters. The van der Waals surface area contributed by atoms with Crippen molar-refractivity contribution < 1.29 is 4.79 Å². The van der Waals surface area contributed by atoms with Crippen LogP contribution in [-0.4, -0.2) is 6.29 Å². The van der Waals surface area contributed by atoms with E-state index in [2.05, 4.69) is 26.0 Å². The first kappa shape index (κ1) is 10.5. The fraction of sp³-hybridized carbons (Fsp3) is 0.750. The van der Waals surface area contributed by atoms with E-state index in [0.717, 1.165) is 25.5 Å². The van der Waals surface area contributed by atoms with Crippen molar-refractivity contribution in [1.82, 2.24) is 0 Å². The van der Waals surface area contributed by atoms with Crippen LogP contribution in [0.1, 0.15) is 46.0 Å². The topological polar surface area (TPSA) is 17.1 Å². The molecule has 0 bridgehead atoms. The Labute approximate surface area is 81.2 Å². The predicted molar refractivity (Wildman–Crippen MR) is 55.6 cm³/mol. The maximum Gasteiger partial charge on any atom is 0.123 e. The number of aldehydes is 1. The van der Waals surface area contributed by atoms with Gasteiger partial charge in [-0.1, -0.05) is 32.4 Å². The van der Waals surface area contributed by atoms with Crippen molar-refractivity contribution in [3.8, 4) is 0 Å². The largest absolute Gasteiger partial charge is 0.303 e. The fourth-order valence-electron chi connectivity index (χ4n) is 2.24. The van der Waals surface area contributed by atoms with E-state index in [1.54, 1.807) is 0 Å². The van der Waals surface area contributed by atoms with Crippen LogP contribution in [0.25, 0.3) is 0 Å². The second kappa shape index (κ2) is 4.59. The maximum atomic E-state index is 10.7. The van der Waals surface area contributed by atoms with E-state index in [-0.39, 0.29) is 0 Å². The molecule has 0 spiro atoms. The van der Waals surface area contributed by atoms with Crippen LogP contribution in [0.2, 0.25) is 0 Å². The fourth-order valence-corrected chi connectivity index (χ4v) is 2.24. The van der Waals surface area contributed by atoms with Gasteiger partial charge in [0.1, 0.15) is 6.29 Å². The Hall–Kier alpha value is -0.590. The molecule has 0 radical (unpaired) electrons. The summed E-state index contributed by atoms with van der Waals surface area (Å²) in [4.78, 5) is 10.7. The van der Waals surface area contributed by atoms with Gasteiger partial charge in [-0.15, -0.1) is 0 Å². The monoisotopic (exact) mass is 180 g/mol. The molecule has 0 aliphatic heterocycles. The van der Waals surface area contributed by atoms with Gasteiger partial charge >= 0.3 is 0 Å². The number of carbonyl (C=O) groups is 1. The Bertz CT molecular complexity index is 195. The second-order valence-corrected chi connectivity index (χ2v) is 4.46. The van der Waals surface area contributed by atoms with Gasteiger partial charge in [-0.05, 0) is 31.1 Å². The van der Waals surface area contributed by atoms with E-state index in [1.807, 2.05) is 0 Å². The van der Waals surface area contributed by atoms with Gasteiger partial charge in [-0.3, -0.25) is 0 Å². The standard InChI is InChI=1S/C12H20O/c1-3-4-7-12(2)8-5-6-11(9-12)10-13/h4,7,10-11H,3,5-6,8-9H2,1-2H3/b7-4-. The summed E-state index contributed by atoms with van der Waals surface area (Å²) in [6, 6.07) is 0. The molecule has 0 aromatic carbocycles. The summed E-state index contributed by atoms with van der Waals surface area (Å²) < 4.78 is 0. The Kier molecular flexibility index (Phi) is 3.71. The molecule has 0 amide bonds. The second-order valence-electron chi connectivity index (χ2n) is 4.46. The zero-order chi connectivity index (χ0) is 9.73. The van der Waals surface area contributed by atoms with E-state index in [0.29, 0.717) is 11.3 Å². The van der Waals surface area contributed by atoms with Crippen molar-refractivity contribution in [3.63, 3.8) is 0 Å². The van der Waals surface area contributed by atoms with Crippen LogP contribution in [-0.2, 0) is 4.79 Å². The van der Waals surface area contributed by atoms with Crippen molar-refractivity contribution in [2.75, 3.05) is 0 Å². The van der Waals surface area contributed by atoms with Gasteiger partial charge in [0.05, 0.1) is 0 Å². The first-order valence-corrected chi connectivity index (χ1v) is 5.33. The summed E-state index contributed by atoms with van der Waals surface area (Å²) >= 11 is 0. The van der Waals surface area contributed by atoms with Crippen LogP contribution < -0.4 is 0 Å². The van der Waals surface area contributed by atoms with E-state index in [4.69, 9.17) is 0 Å². The highest BCUT2D eigenvalue weighted by Gasteiger charge is 2.29. The minimum atomic E-state index is 0.292. The molecule has 1 rings (SSSR count). The number of carbonyl (C=O) groups excluding carboxylic acids is 1. The van der Waals surface area contributed by atoms with Crippen LogP contribution in [0.15, 0.2) is 12.2 Å². The molecule has 1 aliphatic carbocycles. The molecule has 0 saturated heterocycles. The first-order chi connectivity index (χ1) is 6.20. The SMILES string of the molecule is CC/C=C\C1(C)CCCC(C=O)C1. The average molecular weight is 180 g/mol. The highest BCUT2D eigenvalue weighted by molar-refractivity contribution is 5.53. The third kappa shape index (κ3) is 2.98. The van der Waals surface area contributed by atoms with Crippen molar-refractivity contribution in [2.45, 2.75) is 46.0 Å². The lowest BCUT2D eigenvalue weighted by molar-refractivity contribution is -0.112. The summed E-state index contributed by atoms with van der Waals surface area (Å²) in [6.45, 7) is 4.43. The van der Waals surface area contributed by atoms with Crippen molar-refractivity contribution in [1.29, 1.82) is 0 Å². The lowest BCUT2D eigenvalue weighted by Gasteiger charge is -2.33. The highest BCUT2D eigenvalue weighted by atomic mass is 16.1. The normalized spacial score (nSPS) is 35.1. The molecule has 0 heterocycles. The molecule has 0 aromatic heterocycles. The molecule has 74 valence electrons. The molecule has 1 saturated carbocycles. The van der Waals surface area contributed by atoms with Gasteiger partial charge < -0.3 is 4.79 Å². The number of rotatable bonds is 3. The summed E-state index contributed by atoms with van der Waals surface area (Å²) in [7, 11) is 0. The Balaban J connectivity index is 2.56. The number of hydrogen-bond acceptors (Lipinski definition) is 1. The van der Waals surface area contributed by atoms with Crippen molar-refractivity contribution in [2.24, 2.45) is 11.3 Å². The predicted octanol–water partition coefficient (Wildman–Crippen LogP) is 3.35. The minimum absolute atomic E-state index is 0.292. The Morgan fingerprint density at radius 1 is 1.54 bits per heavy atom. The maximum absolute atomic E-state index is 10.7. The minimum Gasteiger partial charge on any atom is -0.303 e. The van der Waals surface area contributed by atoms with Crippen LogP contribution in [0.4, 0.5) is 0 Å². The summed E-state index contributed by atoms with van der Waals surface area (Å²) in [5.41, 5.74) is 0.292. The smallest absolute Gasteiger partial charge is 0.123 e. The molecule has 0 N–H and O–H groups in total. The molecule has 0 aromatic rings. The van der Waals surface area contributed by atoms with E-state index in [1.165, 1.54) is 12.8 Å². The third-order valence-electron chi connectivity index (χ3n) is 3.00. The van der Waals surface area contributed by atoms with E-state index in [9.17, 15) is 4.79 Å².